The summed E-state index contributed by atoms with van der Waals surface area (Å²) in [5, 5.41) is 0. The Balaban J connectivity index is 1.65. The summed E-state index contributed by atoms with van der Waals surface area (Å²) in [6, 6.07) is 9.56. The Kier molecular flexibility index (Phi) is 1.93. The zero-order chi connectivity index (χ0) is 10.5. The van der Waals surface area contributed by atoms with Gasteiger partial charge < -0.3 is 5.73 Å². The number of aryl methyl sites for hydroxylation is 1. The van der Waals surface area contributed by atoms with Crippen molar-refractivity contribution in [3.05, 3.63) is 35.4 Å². The summed E-state index contributed by atoms with van der Waals surface area (Å²) in [6.07, 6.45) is 5.30. The highest BCUT2D eigenvalue weighted by molar-refractivity contribution is 5.28. The Hall–Kier alpha value is -0.820. The van der Waals surface area contributed by atoms with Crippen LogP contribution in [-0.2, 0) is 0 Å². The van der Waals surface area contributed by atoms with Crippen molar-refractivity contribution in [3.63, 3.8) is 0 Å². The first-order valence-electron chi connectivity index (χ1n) is 5.99. The molecule has 2 aliphatic rings. The molecule has 1 nitrogen and oxygen atoms in total. The van der Waals surface area contributed by atoms with Crippen LogP contribution < -0.4 is 5.73 Å². The van der Waals surface area contributed by atoms with Crippen molar-refractivity contribution >= 4 is 0 Å². The third-order valence-electron chi connectivity index (χ3n) is 4.30. The molecule has 0 radical (unpaired) electrons. The van der Waals surface area contributed by atoms with E-state index in [-0.39, 0.29) is 0 Å². The van der Waals surface area contributed by atoms with Crippen molar-refractivity contribution in [2.75, 3.05) is 0 Å². The average molecular weight is 201 g/mol. The third-order valence-corrected chi connectivity index (χ3v) is 4.30. The molecule has 2 aliphatic carbocycles. The molecule has 0 heterocycles. The summed E-state index contributed by atoms with van der Waals surface area (Å²) in [5.41, 5.74) is 9.42. The molecule has 1 spiro atoms. The van der Waals surface area contributed by atoms with Gasteiger partial charge in [0.2, 0.25) is 0 Å². The van der Waals surface area contributed by atoms with E-state index in [4.69, 9.17) is 5.73 Å². The zero-order valence-electron chi connectivity index (χ0n) is 9.37. The smallest absolute Gasteiger partial charge is 0.00494 e. The van der Waals surface area contributed by atoms with Gasteiger partial charge >= 0.3 is 0 Å². The standard InChI is InChI=1S/C14H19N/c1-10-2-4-11(5-3-10)12-6-14(7-12)8-13(15)9-14/h2-5,12-13H,6-9,15H2,1H3. The van der Waals surface area contributed by atoms with Crippen LogP contribution in [0.25, 0.3) is 0 Å². The van der Waals surface area contributed by atoms with Gasteiger partial charge in [0.05, 0.1) is 0 Å². The molecule has 0 amide bonds. The molecule has 0 saturated heterocycles. The lowest BCUT2D eigenvalue weighted by molar-refractivity contribution is -0.00819. The van der Waals surface area contributed by atoms with Gasteiger partial charge in [-0.3, -0.25) is 0 Å². The molecule has 0 unspecified atom stereocenters. The highest BCUT2D eigenvalue weighted by Crippen LogP contribution is 2.61. The Morgan fingerprint density at radius 2 is 1.67 bits per heavy atom. The van der Waals surface area contributed by atoms with Crippen LogP contribution in [0.3, 0.4) is 0 Å². The maximum absolute atomic E-state index is 5.87. The Morgan fingerprint density at radius 3 is 2.20 bits per heavy atom. The highest BCUT2D eigenvalue weighted by Gasteiger charge is 2.51. The molecular formula is C14H19N. The van der Waals surface area contributed by atoms with E-state index in [9.17, 15) is 0 Å². The van der Waals surface area contributed by atoms with Crippen molar-refractivity contribution in [2.45, 2.75) is 44.6 Å². The van der Waals surface area contributed by atoms with E-state index < -0.39 is 0 Å². The van der Waals surface area contributed by atoms with E-state index in [1.165, 1.54) is 36.8 Å². The predicted molar refractivity (Wildman–Crippen MR) is 62.8 cm³/mol. The van der Waals surface area contributed by atoms with Crippen LogP contribution in [0, 0.1) is 12.3 Å². The van der Waals surface area contributed by atoms with Crippen molar-refractivity contribution in [2.24, 2.45) is 11.1 Å². The molecule has 0 bridgehead atoms. The second-order valence-electron chi connectivity index (χ2n) is 5.68. The monoisotopic (exact) mass is 201 g/mol. The summed E-state index contributed by atoms with van der Waals surface area (Å²) in [6.45, 7) is 2.15. The molecule has 1 heteroatoms. The van der Waals surface area contributed by atoms with Crippen LogP contribution in [-0.4, -0.2) is 6.04 Å². The van der Waals surface area contributed by atoms with Gasteiger partial charge in [-0.05, 0) is 49.5 Å². The maximum atomic E-state index is 5.87. The van der Waals surface area contributed by atoms with E-state index in [0.29, 0.717) is 11.5 Å². The first-order valence-corrected chi connectivity index (χ1v) is 5.99. The van der Waals surface area contributed by atoms with E-state index in [1.54, 1.807) is 0 Å². The fourth-order valence-electron chi connectivity index (χ4n) is 3.45. The van der Waals surface area contributed by atoms with E-state index in [2.05, 4.69) is 31.2 Å². The molecule has 0 atom stereocenters. The second-order valence-corrected chi connectivity index (χ2v) is 5.68. The lowest BCUT2D eigenvalue weighted by atomic mass is 9.49. The van der Waals surface area contributed by atoms with Crippen LogP contribution in [0.2, 0.25) is 0 Å². The zero-order valence-corrected chi connectivity index (χ0v) is 9.37. The summed E-state index contributed by atoms with van der Waals surface area (Å²) >= 11 is 0. The van der Waals surface area contributed by atoms with Gasteiger partial charge in [0, 0.05) is 6.04 Å². The quantitative estimate of drug-likeness (QED) is 0.742. The minimum atomic E-state index is 0.504. The highest BCUT2D eigenvalue weighted by atomic mass is 14.7. The van der Waals surface area contributed by atoms with Crippen molar-refractivity contribution in [3.8, 4) is 0 Å². The largest absolute Gasteiger partial charge is 0.328 e. The Morgan fingerprint density at radius 1 is 1.07 bits per heavy atom. The maximum Gasteiger partial charge on any atom is 0.00494 e. The molecule has 3 rings (SSSR count). The van der Waals surface area contributed by atoms with Crippen LogP contribution in [0.5, 0.6) is 0 Å². The van der Waals surface area contributed by atoms with Gasteiger partial charge in [-0.25, -0.2) is 0 Å². The molecule has 1 aromatic carbocycles. The molecular weight excluding hydrogens is 182 g/mol. The van der Waals surface area contributed by atoms with Crippen LogP contribution in [0.4, 0.5) is 0 Å². The average Bonchev–Trinajstić information content (AvgIpc) is 2.11. The SMILES string of the molecule is Cc1ccc(C2CC3(CC(N)C3)C2)cc1. The molecule has 80 valence electrons. The number of hydrogen-bond acceptors (Lipinski definition) is 1. The summed E-state index contributed by atoms with van der Waals surface area (Å²) < 4.78 is 0. The molecule has 2 saturated carbocycles. The molecule has 1 aromatic rings. The first-order chi connectivity index (χ1) is 7.17. The number of hydrogen-bond donors (Lipinski definition) is 1. The van der Waals surface area contributed by atoms with E-state index in [1.807, 2.05) is 0 Å². The Labute approximate surface area is 91.7 Å². The summed E-state index contributed by atoms with van der Waals surface area (Å²) in [7, 11) is 0. The summed E-state index contributed by atoms with van der Waals surface area (Å²) in [5.74, 6) is 0.818. The normalized spacial score (nSPS) is 38.5. The molecule has 0 aromatic heterocycles. The van der Waals surface area contributed by atoms with E-state index >= 15 is 0 Å². The minimum absolute atomic E-state index is 0.504. The van der Waals surface area contributed by atoms with Gasteiger partial charge in [0.25, 0.3) is 0 Å². The van der Waals surface area contributed by atoms with Gasteiger partial charge in [-0.15, -0.1) is 0 Å². The predicted octanol–water partition coefficient (Wildman–Crippen LogP) is 2.98. The third kappa shape index (κ3) is 1.50. The van der Waals surface area contributed by atoms with Gasteiger partial charge in [-0.1, -0.05) is 29.8 Å². The lowest BCUT2D eigenvalue weighted by Crippen LogP contribution is -2.52. The molecule has 2 N–H and O–H groups in total. The van der Waals surface area contributed by atoms with Crippen molar-refractivity contribution in [1.29, 1.82) is 0 Å². The second kappa shape index (κ2) is 3.08. The first kappa shape index (κ1) is 9.41. The number of benzene rings is 1. The fourth-order valence-corrected chi connectivity index (χ4v) is 3.45. The molecule has 2 fully saturated rings. The van der Waals surface area contributed by atoms with Crippen LogP contribution in [0.1, 0.15) is 42.7 Å². The van der Waals surface area contributed by atoms with Crippen LogP contribution in [0.15, 0.2) is 24.3 Å². The Bertz CT molecular complexity index is 351. The van der Waals surface area contributed by atoms with Gasteiger partial charge in [-0.2, -0.15) is 0 Å². The number of nitrogens with two attached hydrogens (primary N) is 1. The van der Waals surface area contributed by atoms with Crippen molar-refractivity contribution in [1.82, 2.24) is 0 Å². The lowest BCUT2D eigenvalue weighted by Gasteiger charge is -2.57. The fraction of sp³-hybridized carbons (Fsp3) is 0.571. The molecule has 0 aliphatic heterocycles. The topological polar surface area (TPSA) is 26.0 Å². The van der Waals surface area contributed by atoms with Gasteiger partial charge in [0.15, 0.2) is 0 Å². The number of rotatable bonds is 1. The van der Waals surface area contributed by atoms with E-state index in [0.717, 1.165) is 5.92 Å². The van der Waals surface area contributed by atoms with Crippen LogP contribution >= 0.6 is 0 Å². The molecule has 15 heavy (non-hydrogen) atoms. The van der Waals surface area contributed by atoms with Crippen molar-refractivity contribution < 1.29 is 0 Å². The van der Waals surface area contributed by atoms with Gasteiger partial charge in [0.1, 0.15) is 0 Å². The summed E-state index contributed by atoms with van der Waals surface area (Å²) in [4.78, 5) is 0. The minimum Gasteiger partial charge on any atom is -0.328 e.